The van der Waals surface area contributed by atoms with Crippen LogP contribution >= 0.6 is 0 Å². The van der Waals surface area contributed by atoms with Crippen LogP contribution in [-0.4, -0.2) is 22.0 Å². The van der Waals surface area contributed by atoms with Crippen LogP contribution in [0, 0.1) is 0 Å². The SMILES string of the molecule is [O]CCCc1cnn[nH]1. The van der Waals surface area contributed by atoms with Crippen molar-refractivity contribution >= 4 is 0 Å². The van der Waals surface area contributed by atoms with Crippen molar-refractivity contribution in [1.29, 1.82) is 0 Å². The number of rotatable bonds is 3. The van der Waals surface area contributed by atoms with Crippen LogP contribution in [0.15, 0.2) is 6.20 Å². The molecule has 0 bridgehead atoms. The molecule has 4 nitrogen and oxygen atoms in total. The van der Waals surface area contributed by atoms with Gasteiger partial charge in [0.2, 0.25) is 0 Å². The fourth-order valence-corrected chi connectivity index (χ4v) is 0.604. The Labute approximate surface area is 52.9 Å². The van der Waals surface area contributed by atoms with Gasteiger partial charge in [-0.2, -0.15) is 0 Å². The lowest BCUT2D eigenvalue weighted by atomic mass is 10.3. The van der Waals surface area contributed by atoms with Gasteiger partial charge >= 0.3 is 0 Å². The van der Waals surface area contributed by atoms with E-state index in [1.165, 1.54) is 0 Å². The van der Waals surface area contributed by atoms with E-state index in [4.69, 9.17) is 0 Å². The molecule has 1 rings (SSSR count). The average molecular weight is 126 g/mol. The van der Waals surface area contributed by atoms with Gasteiger partial charge in [0, 0.05) is 0 Å². The number of hydrogen-bond acceptors (Lipinski definition) is 2. The number of aryl methyl sites for hydroxylation is 1. The van der Waals surface area contributed by atoms with Gasteiger partial charge in [0.1, 0.15) is 0 Å². The predicted octanol–water partition coefficient (Wildman–Crippen LogP) is 0.168. The number of H-pyrrole nitrogens is 1. The van der Waals surface area contributed by atoms with E-state index in [0.717, 1.165) is 12.1 Å². The maximum atomic E-state index is 9.97. The lowest BCUT2D eigenvalue weighted by Crippen LogP contribution is -1.87. The second-order valence-electron chi connectivity index (χ2n) is 1.79. The Morgan fingerprint density at radius 1 is 1.67 bits per heavy atom. The number of aromatic nitrogens is 3. The second-order valence-corrected chi connectivity index (χ2v) is 1.79. The van der Waals surface area contributed by atoms with Gasteiger partial charge in [-0.15, -0.1) is 5.10 Å². The Balaban J connectivity index is 2.30. The van der Waals surface area contributed by atoms with Crippen LogP contribution in [0.1, 0.15) is 12.1 Å². The van der Waals surface area contributed by atoms with Crippen molar-refractivity contribution in [2.24, 2.45) is 0 Å². The second kappa shape index (κ2) is 3.19. The van der Waals surface area contributed by atoms with Crippen molar-refractivity contribution in [3.8, 4) is 0 Å². The normalized spacial score (nSPS) is 9.89. The molecule has 9 heavy (non-hydrogen) atoms. The van der Waals surface area contributed by atoms with Crippen LogP contribution in [0.5, 0.6) is 0 Å². The largest absolute Gasteiger partial charge is 0.262 e. The van der Waals surface area contributed by atoms with Gasteiger partial charge in [-0.1, -0.05) is 5.21 Å². The van der Waals surface area contributed by atoms with E-state index in [0.29, 0.717) is 6.42 Å². The summed E-state index contributed by atoms with van der Waals surface area (Å²) in [4.78, 5) is 0. The van der Waals surface area contributed by atoms with Gasteiger partial charge in [-0.05, 0) is 12.8 Å². The Morgan fingerprint density at radius 3 is 3.11 bits per heavy atom. The van der Waals surface area contributed by atoms with Crippen LogP contribution < -0.4 is 0 Å². The van der Waals surface area contributed by atoms with E-state index >= 15 is 0 Å². The summed E-state index contributed by atoms with van der Waals surface area (Å²) < 4.78 is 0. The molecule has 0 unspecified atom stereocenters. The van der Waals surface area contributed by atoms with Crippen LogP contribution in [0.4, 0.5) is 0 Å². The summed E-state index contributed by atoms with van der Waals surface area (Å²) in [6.07, 6.45) is 3.05. The molecule has 0 amide bonds. The third-order valence-electron chi connectivity index (χ3n) is 1.06. The highest BCUT2D eigenvalue weighted by atomic mass is 16.2. The molecule has 1 aromatic heterocycles. The number of aromatic amines is 1. The first kappa shape index (κ1) is 6.22. The van der Waals surface area contributed by atoms with Crippen molar-refractivity contribution < 1.29 is 5.11 Å². The standard InChI is InChI=1S/C5H8N3O/c9-3-1-2-5-4-6-8-7-5/h4H,1-3H2,(H,6,7,8). The molecule has 0 saturated heterocycles. The van der Waals surface area contributed by atoms with E-state index < -0.39 is 0 Å². The maximum Gasteiger partial charge on any atom is 0.0826 e. The van der Waals surface area contributed by atoms with E-state index in [9.17, 15) is 5.11 Å². The van der Waals surface area contributed by atoms with Gasteiger partial charge in [0.25, 0.3) is 0 Å². The summed E-state index contributed by atoms with van der Waals surface area (Å²) in [5.41, 5.74) is 0.936. The molecule has 0 aliphatic carbocycles. The molecule has 1 heterocycles. The quantitative estimate of drug-likeness (QED) is 0.627. The lowest BCUT2D eigenvalue weighted by molar-refractivity contribution is 0.189. The Hall–Kier alpha value is -0.900. The first-order chi connectivity index (χ1) is 4.43. The average Bonchev–Trinajstić information content (AvgIpc) is 2.34. The molecular weight excluding hydrogens is 118 g/mol. The smallest absolute Gasteiger partial charge is 0.0826 e. The minimum absolute atomic E-state index is 0.0288. The topological polar surface area (TPSA) is 61.5 Å². The fraction of sp³-hybridized carbons (Fsp3) is 0.600. The van der Waals surface area contributed by atoms with E-state index in [-0.39, 0.29) is 6.61 Å². The lowest BCUT2D eigenvalue weighted by Gasteiger charge is -1.87. The van der Waals surface area contributed by atoms with Gasteiger partial charge in [0.05, 0.1) is 18.5 Å². The van der Waals surface area contributed by atoms with Gasteiger partial charge in [-0.3, -0.25) is 5.10 Å². The first-order valence-corrected chi connectivity index (χ1v) is 2.86. The zero-order chi connectivity index (χ0) is 6.53. The third-order valence-corrected chi connectivity index (χ3v) is 1.06. The van der Waals surface area contributed by atoms with Crippen molar-refractivity contribution in [3.05, 3.63) is 11.9 Å². The monoisotopic (exact) mass is 126 g/mol. The molecule has 0 saturated carbocycles. The summed E-state index contributed by atoms with van der Waals surface area (Å²) in [7, 11) is 0. The minimum Gasteiger partial charge on any atom is -0.262 e. The molecule has 4 heteroatoms. The van der Waals surface area contributed by atoms with Gasteiger partial charge in [-0.25, -0.2) is 5.11 Å². The highest BCUT2D eigenvalue weighted by Gasteiger charge is 1.91. The molecule has 0 aliphatic rings. The van der Waals surface area contributed by atoms with Crippen LogP contribution in [0.3, 0.4) is 0 Å². The van der Waals surface area contributed by atoms with Crippen molar-refractivity contribution in [2.75, 3.05) is 6.61 Å². The highest BCUT2D eigenvalue weighted by Crippen LogP contribution is 1.92. The third kappa shape index (κ3) is 1.81. The molecule has 1 aromatic rings. The fourth-order valence-electron chi connectivity index (χ4n) is 0.604. The molecule has 0 fully saturated rings. The van der Waals surface area contributed by atoms with Crippen molar-refractivity contribution in [1.82, 2.24) is 15.4 Å². The molecule has 1 N–H and O–H groups in total. The number of nitrogens with one attached hydrogen (secondary N) is 1. The Bertz CT molecular complexity index is 149. The molecule has 1 radical (unpaired) electrons. The molecular formula is C5H8N3O. The zero-order valence-electron chi connectivity index (χ0n) is 5.00. The summed E-state index contributed by atoms with van der Waals surface area (Å²) in [5, 5.41) is 19.7. The van der Waals surface area contributed by atoms with Crippen molar-refractivity contribution in [2.45, 2.75) is 12.8 Å². The number of hydrogen-bond donors (Lipinski definition) is 1. The molecule has 0 atom stereocenters. The van der Waals surface area contributed by atoms with E-state index in [2.05, 4.69) is 15.4 Å². The summed E-state index contributed by atoms with van der Waals surface area (Å²) in [6, 6.07) is 0. The van der Waals surface area contributed by atoms with Crippen LogP contribution in [-0.2, 0) is 11.5 Å². The van der Waals surface area contributed by atoms with Gasteiger partial charge in [0.15, 0.2) is 0 Å². The summed E-state index contributed by atoms with van der Waals surface area (Å²) >= 11 is 0. The minimum atomic E-state index is -0.0288. The molecule has 49 valence electrons. The highest BCUT2D eigenvalue weighted by molar-refractivity contribution is 4.89. The van der Waals surface area contributed by atoms with E-state index in [1.54, 1.807) is 6.20 Å². The summed E-state index contributed by atoms with van der Waals surface area (Å²) in [5.74, 6) is 0. The maximum absolute atomic E-state index is 9.97. The van der Waals surface area contributed by atoms with Gasteiger partial charge < -0.3 is 0 Å². The molecule has 0 spiro atoms. The zero-order valence-corrected chi connectivity index (χ0v) is 5.00. The Morgan fingerprint density at radius 2 is 2.56 bits per heavy atom. The Kier molecular flexibility index (Phi) is 2.21. The first-order valence-electron chi connectivity index (χ1n) is 2.86. The van der Waals surface area contributed by atoms with E-state index in [1.807, 2.05) is 0 Å². The molecule has 0 aliphatic heterocycles. The predicted molar refractivity (Wildman–Crippen MR) is 30.3 cm³/mol. The van der Waals surface area contributed by atoms with Crippen LogP contribution in [0.2, 0.25) is 0 Å². The summed E-state index contributed by atoms with van der Waals surface area (Å²) in [6.45, 7) is -0.0288. The van der Waals surface area contributed by atoms with Crippen LogP contribution in [0.25, 0.3) is 0 Å². The number of nitrogens with zero attached hydrogens (tertiary/aromatic N) is 2. The van der Waals surface area contributed by atoms with Crippen molar-refractivity contribution in [3.63, 3.8) is 0 Å². The molecule has 0 aromatic carbocycles.